The summed E-state index contributed by atoms with van der Waals surface area (Å²) in [5.41, 5.74) is -1.10. The number of nitrogens with zero attached hydrogens (tertiary/aromatic N) is 4. The zero-order valence-corrected chi connectivity index (χ0v) is 23.3. The highest BCUT2D eigenvalue weighted by Crippen LogP contribution is 2.52. The molecule has 1 aromatic heterocycles. The number of rotatable bonds is 7. The molecule has 2 aliphatic heterocycles. The molecule has 0 saturated carbocycles. The van der Waals surface area contributed by atoms with Gasteiger partial charge in [0.1, 0.15) is 11.6 Å². The molecule has 0 bridgehead atoms. The number of benzene rings is 2. The van der Waals surface area contributed by atoms with E-state index in [9.17, 15) is 27.2 Å². The first-order chi connectivity index (χ1) is 19.6. The summed E-state index contributed by atoms with van der Waals surface area (Å²) in [4.78, 5) is 34.2. The predicted octanol–water partition coefficient (Wildman–Crippen LogP) is 3.85. The zero-order valence-electron chi connectivity index (χ0n) is 22.4. The van der Waals surface area contributed by atoms with Gasteiger partial charge in [-0.1, -0.05) is 6.58 Å². The second-order valence-electron chi connectivity index (χ2n) is 9.81. The molecule has 0 spiro atoms. The Labute approximate surface area is 236 Å². The number of aromatic nitrogens is 2. The Morgan fingerprint density at radius 2 is 1.85 bits per heavy atom. The van der Waals surface area contributed by atoms with Crippen molar-refractivity contribution in [3.05, 3.63) is 70.9 Å². The maximum Gasteiger partial charge on any atom is 0.416 e. The van der Waals surface area contributed by atoms with Gasteiger partial charge in [0, 0.05) is 49.3 Å². The number of halogens is 4. The number of piperazine rings is 1. The number of hydrogen-bond donors (Lipinski definition) is 1. The van der Waals surface area contributed by atoms with Crippen molar-refractivity contribution in [1.29, 1.82) is 0 Å². The van der Waals surface area contributed by atoms with E-state index in [1.807, 2.05) is 0 Å². The highest BCUT2D eigenvalue weighted by atomic mass is 32.2. The molecule has 3 heterocycles. The average Bonchev–Trinajstić information content (AvgIpc) is 3.12. The number of methoxy groups -OCH3 is 1. The van der Waals surface area contributed by atoms with Crippen LogP contribution < -0.4 is 10.6 Å². The molecule has 1 saturated heterocycles. The Kier molecular flexibility index (Phi) is 8.39. The van der Waals surface area contributed by atoms with E-state index >= 15 is 0 Å². The van der Waals surface area contributed by atoms with Gasteiger partial charge in [-0.15, -0.1) is 0 Å². The molecular formula is C28H30F4N4O4S. The SMILES string of the molecule is C=CC(=O)N1CCN(c2nc(=O)n3c4c(cc(C(F)(F)F)cc24)[SH](c2ccc(F)cc2)C[C@@H](OCCOC)C3)CC1. The van der Waals surface area contributed by atoms with Gasteiger partial charge in [-0.2, -0.15) is 29.1 Å². The Balaban J connectivity index is 1.71. The quantitative estimate of drug-likeness (QED) is 0.194. The number of carbonyl (C=O) groups excluding carboxylic acids is 1. The van der Waals surface area contributed by atoms with Gasteiger partial charge in [0.2, 0.25) is 5.91 Å². The lowest BCUT2D eigenvalue weighted by Crippen LogP contribution is -2.49. The average molecular weight is 595 g/mol. The highest BCUT2D eigenvalue weighted by molar-refractivity contribution is 8.17. The number of amides is 1. The Hall–Kier alpha value is -3.42. The van der Waals surface area contributed by atoms with Crippen molar-refractivity contribution in [2.45, 2.75) is 28.6 Å². The standard InChI is InChI=1S/C28H30F4N4O4S/c1-3-24(37)34-8-10-35(11-9-34)26-22-14-18(28(30,31)32)15-23-25(22)36(27(38)33-26)16-20(40-13-12-39-2)17-41(23)21-6-4-19(29)5-7-21/h3-7,14-15,20,41H,1,8-13,16-17H2,2H3/t20-/m0/s1. The molecular weight excluding hydrogens is 564 g/mol. The lowest BCUT2D eigenvalue weighted by Gasteiger charge is -2.35. The number of anilines is 1. The monoisotopic (exact) mass is 594 g/mol. The van der Waals surface area contributed by atoms with Gasteiger partial charge in [0.15, 0.2) is 0 Å². The van der Waals surface area contributed by atoms with Gasteiger partial charge >= 0.3 is 11.9 Å². The van der Waals surface area contributed by atoms with Crippen LogP contribution >= 0.6 is 10.9 Å². The second kappa shape index (κ2) is 11.8. The molecule has 2 atom stereocenters. The van der Waals surface area contributed by atoms with E-state index in [1.54, 1.807) is 21.9 Å². The van der Waals surface area contributed by atoms with Crippen LogP contribution in [0.4, 0.5) is 23.4 Å². The summed E-state index contributed by atoms with van der Waals surface area (Å²) in [7, 11) is 0.0306. The minimum absolute atomic E-state index is 0.0896. The lowest BCUT2D eigenvalue weighted by molar-refractivity contribution is -0.137. The fourth-order valence-electron chi connectivity index (χ4n) is 5.26. The number of thiol groups is 1. The number of alkyl halides is 3. The molecule has 0 N–H and O–H groups in total. The summed E-state index contributed by atoms with van der Waals surface area (Å²) in [5.74, 6) is -0.236. The van der Waals surface area contributed by atoms with Crippen LogP contribution in [-0.2, 0) is 27.0 Å². The van der Waals surface area contributed by atoms with Crippen molar-refractivity contribution in [1.82, 2.24) is 14.5 Å². The third-order valence-corrected chi connectivity index (χ3v) is 9.88. The van der Waals surface area contributed by atoms with Gasteiger partial charge < -0.3 is 19.3 Å². The van der Waals surface area contributed by atoms with Crippen molar-refractivity contribution < 1.29 is 31.8 Å². The molecule has 220 valence electrons. The third kappa shape index (κ3) is 5.97. The van der Waals surface area contributed by atoms with E-state index in [1.165, 1.54) is 29.9 Å². The van der Waals surface area contributed by atoms with Crippen LogP contribution in [0.5, 0.6) is 0 Å². The van der Waals surface area contributed by atoms with Crippen LogP contribution in [0.2, 0.25) is 0 Å². The smallest absolute Gasteiger partial charge is 0.382 e. The molecule has 41 heavy (non-hydrogen) atoms. The molecule has 1 unspecified atom stereocenters. The van der Waals surface area contributed by atoms with E-state index < -0.39 is 40.2 Å². The van der Waals surface area contributed by atoms with Crippen LogP contribution in [-0.4, -0.2) is 78.7 Å². The van der Waals surface area contributed by atoms with Gasteiger partial charge in [-0.25, -0.2) is 9.18 Å². The fraction of sp³-hybridized carbons (Fsp3) is 0.393. The molecule has 0 aliphatic carbocycles. The molecule has 2 aromatic carbocycles. The van der Waals surface area contributed by atoms with Crippen molar-refractivity contribution in [2.24, 2.45) is 0 Å². The van der Waals surface area contributed by atoms with Crippen molar-refractivity contribution in [3.8, 4) is 0 Å². The largest absolute Gasteiger partial charge is 0.416 e. The van der Waals surface area contributed by atoms with Crippen LogP contribution in [0.3, 0.4) is 0 Å². The summed E-state index contributed by atoms with van der Waals surface area (Å²) < 4.78 is 69.3. The maximum atomic E-state index is 14.3. The Morgan fingerprint density at radius 3 is 2.49 bits per heavy atom. The lowest BCUT2D eigenvalue weighted by atomic mass is 10.1. The summed E-state index contributed by atoms with van der Waals surface area (Å²) in [6.45, 7) is 5.31. The first kappa shape index (κ1) is 29.1. The third-order valence-electron chi connectivity index (χ3n) is 7.27. The molecule has 8 nitrogen and oxygen atoms in total. The van der Waals surface area contributed by atoms with Crippen molar-refractivity contribution in [3.63, 3.8) is 0 Å². The normalized spacial score (nSPS) is 20.2. The van der Waals surface area contributed by atoms with Gasteiger partial charge in [0.05, 0.1) is 36.9 Å². The first-order valence-electron chi connectivity index (χ1n) is 13.1. The molecule has 5 rings (SSSR count). The van der Waals surface area contributed by atoms with Crippen molar-refractivity contribution >= 4 is 33.5 Å². The van der Waals surface area contributed by atoms with Crippen LogP contribution in [0.15, 0.2) is 63.6 Å². The van der Waals surface area contributed by atoms with Gasteiger partial charge in [0.25, 0.3) is 0 Å². The van der Waals surface area contributed by atoms with E-state index in [0.29, 0.717) is 40.8 Å². The van der Waals surface area contributed by atoms with E-state index in [-0.39, 0.29) is 43.4 Å². The summed E-state index contributed by atoms with van der Waals surface area (Å²) in [6, 6.07) is 7.86. The second-order valence-corrected chi connectivity index (χ2v) is 12.0. The molecule has 2 aliphatic rings. The van der Waals surface area contributed by atoms with Crippen LogP contribution in [0, 0.1) is 5.82 Å². The van der Waals surface area contributed by atoms with E-state index in [0.717, 1.165) is 12.1 Å². The van der Waals surface area contributed by atoms with Crippen molar-refractivity contribution in [2.75, 3.05) is 57.2 Å². The summed E-state index contributed by atoms with van der Waals surface area (Å²) in [6.07, 6.45) is -3.97. The summed E-state index contributed by atoms with van der Waals surface area (Å²) in [5, 5.41) is 0.199. The molecule has 0 radical (unpaired) electrons. The first-order valence-corrected chi connectivity index (χ1v) is 14.6. The number of carbonyl (C=O) groups is 1. The Morgan fingerprint density at radius 1 is 1.15 bits per heavy atom. The topological polar surface area (TPSA) is 76.9 Å². The minimum Gasteiger partial charge on any atom is -0.382 e. The fourth-order valence-corrected chi connectivity index (χ4v) is 7.87. The zero-order chi connectivity index (χ0) is 29.3. The van der Waals surface area contributed by atoms with Crippen LogP contribution in [0.25, 0.3) is 10.9 Å². The van der Waals surface area contributed by atoms with E-state index in [4.69, 9.17) is 9.47 Å². The molecule has 3 aromatic rings. The van der Waals surface area contributed by atoms with Gasteiger partial charge in [-0.3, -0.25) is 9.36 Å². The molecule has 1 fully saturated rings. The highest BCUT2D eigenvalue weighted by Gasteiger charge is 2.36. The predicted molar refractivity (Wildman–Crippen MR) is 148 cm³/mol. The van der Waals surface area contributed by atoms with E-state index in [2.05, 4.69) is 11.6 Å². The maximum absolute atomic E-state index is 14.3. The number of hydrogen-bond acceptors (Lipinski definition) is 6. The number of ether oxygens (including phenoxy) is 2. The summed E-state index contributed by atoms with van der Waals surface area (Å²) >= 11 is 0. The minimum atomic E-state index is -4.66. The molecule has 13 heteroatoms. The Bertz CT molecular complexity index is 1500. The van der Waals surface area contributed by atoms with Crippen LogP contribution in [0.1, 0.15) is 5.56 Å². The van der Waals surface area contributed by atoms with Gasteiger partial charge in [-0.05, 0) is 47.4 Å². The molecule has 1 amide bonds.